The summed E-state index contributed by atoms with van der Waals surface area (Å²) in [5.74, 6) is 0. The van der Waals surface area contributed by atoms with Crippen LogP contribution >= 0.6 is 0 Å². The van der Waals surface area contributed by atoms with E-state index >= 15 is 0 Å². The fraction of sp³-hybridized carbons (Fsp3) is 0.375. The molecular formula is C16H18BFN2O2. The van der Waals surface area contributed by atoms with E-state index in [0.717, 1.165) is 5.39 Å². The molecule has 0 N–H and O–H groups in total. The topological polar surface area (TPSA) is 44.2 Å². The molecule has 0 bridgehead atoms. The van der Waals surface area contributed by atoms with Gasteiger partial charge in [-0.3, -0.25) is 0 Å². The monoisotopic (exact) mass is 300 g/mol. The Labute approximate surface area is 129 Å². The zero-order valence-corrected chi connectivity index (χ0v) is 13.1. The Hall–Kier alpha value is -1.79. The molecule has 1 aliphatic heterocycles. The average molecular weight is 300 g/mol. The van der Waals surface area contributed by atoms with Gasteiger partial charge in [-0.05, 0) is 58.0 Å². The summed E-state index contributed by atoms with van der Waals surface area (Å²) in [6, 6.07) is 7.35. The molecular weight excluding hydrogens is 282 g/mol. The zero-order chi connectivity index (χ0) is 16.0. The Morgan fingerprint density at radius 3 is 2.50 bits per heavy atom. The van der Waals surface area contributed by atoms with Crippen LogP contribution in [0, 0.1) is 0 Å². The van der Waals surface area contributed by atoms with Crippen molar-refractivity contribution in [3.8, 4) is 0 Å². The van der Waals surface area contributed by atoms with E-state index in [1.54, 1.807) is 12.3 Å². The van der Waals surface area contributed by atoms with Gasteiger partial charge in [0.05, 0.1) is 16.9 Å². The fourth-order valence-corrected chi connectivity index (χ4v) is 2.21. The van der Waals surface area contributed by atoms with E-state index in [1.807, 2.05) is 45.9 Å². The lowest BCUT2D eigenvalue weighted by molar-refractivity contribution is 0.00578. The van der Waals surface area contributed by atoms with E-state index in [4.69, 9.17) is 9.31 Å². The molecule has 114 valence electrons. The van der Waals surface area contributed by atoms with E-state index in [-0.39, 0.29) is 0 Å². The molecule has 22 heavy (non-hydrogen) atoms. The summed E-state index contributed by atoms with van der Waals surface area (Å²) in [6.45, 7) is 7.55. The van der Waals surface area contributed by atoms with Crippen LogP contribution in [-0.2, 0) is 9.31 Å². The summed E-state index contributed by atoms with van der Waals surface area (Å²) < 4.78 is 25.8. The lowest BCUT2D eigenvalue weighted by Crippen LogP contribution is -2.41. The Morgan fingerprint density at radius 2 is 1.82 bits per heavy atom. The largest absolute Gasteiger partial charge is 0.525 e. The number of aromatic nitrogens is 2. The second-order valence-corrected chi connectivity index (χ2v) is 6.40. The SMILES string of the molecule is CC1(C)OB(C(F)=Cc2ccc3cccnc3n2)OC1(C)C. The van der Waals surface area contributed by atoms with Crippen molar-refractivity contribution < 1.29 is 13.7 Å². The first kappa shape index (κ1) is 15.1. The van der Waals surface area contributed by atoms with Gasteiger partial charge in [0.15, 0.2) is 5.65 Å². The van der Waals surface area contributed by atoms with E-state index < -0.39 is 24.0 Å². The number of rotatable bonds is 2. The summed E-state index contributed by atoms with van der Waals surface area (Å²) in [7, 11) is -1.01. The van der Waals surface area contributed by atoms with Crippen molar-refractivity contribution in [1.29, 1.82) is 0 Å². The third-order valence-electron chi connectivity index (χ3n) is 4.25. The number of halogens is 1. The van der Waals surface area contributed by atoms with Crippen molar-refractivity contribution in [1.82, 2.24) is 9.97 Å². The Morgan fingerprint density at radius 1 is 1.14 bits per heavy atom. The first-order valence-corrected chi connectivity index (χ1v) is 7.23. The third kappa shape index (κ3) is 2.64. The minimum atomic E-state index is -1.01. The number of hydrogen-bond acceptors (Lipinski definition) is 4. The van der Waals surface area contributed by atoms with Gasteiger partial charge in [-0.15, -0.1) is 0 Å². The van der Waals surface area contributed by atoms with Gasteiger partial charge in [-0.25, -0.2) is 14.4 Å². The van der Waals surface area contributed by atoms with Crippen LogP contribution in [0.4, 0.5) is 4.39 Å². The normalized spacial score (nSPS) is 20.6. The van der Waals surface area contributed by atoms with Gasteiger partial charge in [0.25, 0.3) is 0 Å². The predicted octanol–water partition coefficient (Wildman–Crippen LogP) is 3.57. The lowest BCUT2D eigenvalue weighted by Gasteiger charge is -2.32. The van der Waals surface area contributed by atoms with Crippen molar-refractivity contribution in [2.45, 2.75) is 38.9 Å². The number of hydrogen-bond donors (Lipinski definition) is 0. The standard InChI is InChI=1S/C16H18BFN2O2/c1-15(2)16(3,4)22-17(21-15)13(18)10-12-8-7-11-6-5-9-19-14(11)20-12/h5-10H,1-4H3. The Balaban J connectivity index is 1.88. The molecule has 0 radical (unpaired) electrons. The molecule has 1 saturated heterocycles. The van der Waals surface area contributed by atoms with Crippen LogP contribution in [0.5, 0.6) is 0 Å². The summed E-state index contributed by atoms with van der Waals surface area (Å²) >= 11 is 0. The van der Waals surface area contributed by atoms with Gasteiger partial charge in [0, 0.05) is 11.6 Å². The maximum Gasteiger partial charge on any atom is 0.525 e. The molecule has 0 unspecified atom stereocenters. The van der Waals surface area contributed by atoms with Crippen molar-refractivity contribution in [3.05, 3.63) is 41.9 Å². The molecule has 2 aromatic heterocycles. The summed E-state index contributed by atoms with van der Waals surface area (Å²) in [6.07, 6.45) is 2.99. The average Bonchev–Trinajstić information content (AvgIpc) is 2.67. The predicted molar refractivity (Wildman–Crippen MR) is 84.7 cm³/mol. The Bertz CT molecular complexity index is 730. The first-order valence-electron chi connectivity index (χ1n) is 7.23. The Kier molecular flexibility index (Phi) is 3.53. The molecule has 0 spiro atoms. The van der Waals surface area contributed by atoms with Crippen molar-refractivity contribution >= 4 is 24.2 Å². The molecule has 6 heteroatoms. The van der Waals surface area contributed by atoms with Crippen molar-refractivity contribution in [3.63, 3.8) is 0 Å². The van der Waals surface area contributed by atoms with E-state index in [9.17, 15) is 4.39 Å². The summed E-state index contributed by atoms with van der Waals surface area (Å²) in [5.41, 5.74) is -0.569. The number of nitrogens with zero attached hydrogens (tertiary/aromatic N) is 2. The molecule has 2 aromatic rings. The van der Waals surface area contributed by atoms with Crippen LogP contribution in [0.2, 0.25) is 0 Å². The minimum Gasteiger partial charge on any atom is -0.398 e. The molecule has 0 atom stereocenters. The van der Waals surface area contributed by atoms with Crippen LogP contribution in [0.3, 0.4) is 0 Å². The minimum absolute atomic E-state index is 0.485. The molecule has 3 heterocycles. The highest BCUT2D eigenvalue weighted by Gasteiger charge is 2.53. The number of pyridine rings is 2. The summed E-state index contributed by atoms with van der Waals surface area (Å²) in [4.78, 5) is 8.49. The highest BCUT2D eigenvalue weighted by molar-refractivity contribution is 6.54. The zero-order valence-electron chi connectivity index (χ0n) is 13.1. The second-order valence-electron chi connectivity index (χ2n) is 6.40. The highest BCUT2D eigenvalue weighted by atomic mass is 19.1. The maximum atomic E-state index is 14.4. The van der Waals surface area contributed by atoms with Crippen LogP contribution in [-0.4, -0.2) is 28.3 Å². The van der Waals surface area contributed by atoms with Gasteiger partial charge >= 0.3 is 7.12 Å². The molecule has 0 saturated carbocycles. The quantitative estimate of drug-likeness (QED) is 0.795. The van der Waals surface area contributed by atoms with Crippen LogP contribution in [0.15, 0.2) is 36.2 Å². The first-order chi connectivity index (χ1) is 10.3. The van der Waals surface area contributed by atoms with Crippen LogP contribution < -0.4 is 0 Å². The molecule has 1 fully saturated rings. The molecule has 0 aromatic carbocycles. The molecule has 0 aliphatic carbocycles. The molecule has 4 nitrogen and oxygen atoms in total. The van der Waals surface area contributed by atoms with Crippen LogP contribution in [0.25, 0.3) is 17.1 Å². The lowest BCUT2D eigenvalue weighted by atomic mass is 9.87. The van der Waals surface area contributed by atoms with Gasteiger partial charge < -0.3 is 9.31 Å². The van der Waals surface area contributed by atoms with Crippen molar-refractivity contribution in [2.24, 2.45) is 0 Å². The maximum absolute atomic E-state index is 14.4. The van der Waals surface area contributed by atoms with Crippen molar-refractivity contribution in [2.75, 3.05) is 0 Å². The van der Waals surface area contributed by atoms with Crippen LogP contribution in [0.1, 0.15) is 33.4 Å². The van der Waals surface area contributed by atoms with Gasteiger partial charge in [-0.2, -0.15) is 0 Å². The fourth-order valence-electron chi connectivity index (χ4n) is 2.21. The smallest absolute Gasteiger partial charge is 0.398 e. The highest BCUT2D eigenvalue weighted by Crippen LogP contribution is 2.39. The second kappa shape index (κ2) is 5.14. The molecule has 1 aliphatic rings. The third-order valence-corrected chi connectivity index (χ3v) is 4.25. The van der Waals surface area contributed by atoms with E-state index in [2.05, 4.69) is 9.97 Å². The molecule has 0 amide bonds. The number of fused-ring (bicyclic) bond motifs is 1. The van der Waals surface area contributed by atoms with Gasteiger partial charge in [0.2, 0.25) is 0 Å². The van der Waals surface area contributed by atoms with Gasteiger partial charge in [-0.1, -0.05) is 0 Å². The van der Waals surface area contributed by atoms with E-state index in [1.165, 1.54) is 6.08 Å². The van der Waals surface area contributed by atoms with E-state index in [0.29, 0.717) is 11.3 Å². The van der Waals surface area contributed by atoms with Gasteiger partial charge in [0.1, 0.15) is 5.73 Å². The molecule has 3 rings (SSSR count). The summed E-state index contributed by atoms with van der Waals surface area (Å²) in [5, 5.41) is 0.913.